The van der Waals surface area contributed by atoms with Crippen molar-refractivity contribution in [2.24, 2.45) is 0 Å². The number of benzene rings is 1. The Morgan fingerprint density at radius 3 is 2.75 bits per heavy atom. The first kappa shape index (κ1) is 10.7. The van der Waals surface area contributed by atoms with Crippen LogP contribution < -0.4 is 14.2 Å². The molecule has 1 aliphatic rings. The molecule has 0 atom stereocenters. The molecule has 1 aromatic carbocycles. The first-order chi connectivity index (χ1) is 7.65. The Balaban J connectivity index is 2.68. The number of hydrogen-bond acceptors (Lipinski definition) is 4. The van der Waals surface area contributed by atoms with Gasteiger partial charge < -0.3 is 14.2 Å². The van der Waals surface area contributed by atoms with Crippen molar-refractivity contribution in [3.8, 4) is 17.2 Å². The molecule has 1 aliphatic heterocycles. The lowest BCUT2D eigenvalue weighted by Crippen LogP contribution is -2.18. The fraction of sp³-hybridized carbons (Fsp3) is 0.364. The smallest absolute Gasteiger partial charge is 0.176 e. The minimum atomic E-state index is -0.628. The zero-order valence-electron chi connectivity index (χ0n) is 9.00. The molecule has 0 spiro atoms. The molecule has 0 amide bonds. The van der Waals surface area contributed by atoms with Gasteiger partial charge in [-0.3, -0.25) is 4.79 Å². The number of Topliss-reactive ketones (excluding diaryl/α,β-unsaturated/α-hetero) is 1. The van der Waals surface area contributed by atoms with Gasteiger partial charge in [0.25, 0.3) is 0 Å². The number of carbonyl (C=O) groups is 1. The molecule has 1 aromatic rings. The Morgan fingerprint density at radius 2 is 2.12 bits per heavy atom. The number of rotatable bonds is 2. The van der Waals surface area contributed by atoms with Crippen molar-refractivity contribution in [1.29, 1.82) is 0 Å². The number of methoxy groups -OCH3 is 1. The van der Waals surface area contributed by atoms with Crippen LogP contribution in [0.15, 0.2) is 6.07 Å². The monoisotopic (exact) mass is 226 g/mol. The molecule has 0 saturated carbocycles. The summed E-state index contributed by atoms with van der Waals surface area (Å²) in [6, 6.07) is 1.17. The van der Waals surface area contributed by atoms with Gasteiger partial charge >= 0.3 is 0 Å². The highest BCUT2D eigenvalue weighted by atomic mass is 19.1. The van der Waals surface area contributed by atoms with Crippen LogP contribution in [0, 0.1) is 5.82 Å². The first-order valence-electron chi connectivity index (χ1n) is 4.82. The quantitative estimate of drug-likeness (QED) is 0.721. The molecule has 0 saturated heterocycles. The van der Waals surface area contributed by atoms with E-state index in [0.29, 0.717) is 13.2 Å². The maximum absolute atomic E-state index is 13.6. The van der Waals surface area contributed by atoms with Crippen molar-refractivity contribution in [2.75, 3.05) is 20.3 Å². The number of hydrogen-bond donors (Lipinski definition) is 0. The molecular weight excluding hydrogens is 215 g/mol. The number of fused-ring (bicyclic) bond motifs is 1. The predicted molar refractivity (Wildman–Crippen MR) is 53.9 cm³/mol. The Hall–Kier alpha value is -1.78. The van der Waals surface area contributed by atoms with Crippen LogP contribution in [-0.4, -0.2) is 26.1 Å². The zero-order chi connectivity index (χ0) is 11.7. The van der Waals surface area contributed by atoms with Crippen molar-refractivity contribution in [3.63, 3.8) is 0 Å². The second kappa shape index (κ2) is 4.00. The van der Waals surface area contributed by atoms with Crippen LogP contribution in [0.2, 0.25) is 0 Å². The van der Waals surface area contributed by atoms with E-state index in [2.05, 4.69) is 0 Å². The molecule has 86 valence electrons. The van der Waals surface area contributed by atoms with Gasteiger partial charge in [-0.15, -0.1) is 0 Å². The third-order valence-electron chi connectivity index (χ3n) is 2.30. The highest BCUT2D eigenvalue weighted by Crippen LogP contribution is 2.41. The average Bonchev–Trinajstić information content (AvgIpc) is 2.26. The van der Waals surface area contributed by atoms with E-state index in [0.717, 1.165) is 0 Å². The topological polar surface area (TPSA) is 44.8 Å². The summed E-state index contributed by atoms with van der Waals surface area (Å²) in [5.74, 6) is -0.543. The number of ketones is 1. The molecule has 16 heavy (non-hydrogen) atoms. The van der Waals surface area contributed by atoms with E-state index in [1.165, 1.54) is 20.1 Å². The van der Waals surface area contributed by atoms with Crippen LogP contribution in [0.4, 0.5) is 4.39 Å². The Morgan fingerprint density at radius 1 is 1.44 bits per heavy atom. The fourth-order valence-corrected chi connectivity index (χ4v) is 1.66. The first-order valence-corrected chi connectivity index (χ1v) is 4.82. The fourth-order valence-electron chi connectivity index (χ4n) is 1.66. The summed E-state index contributed by atoms with van der Waals surface area (Å²) >= 11 is 0. The predicted octanol–water partition coefficient (Wildman–Crippen LogP) is 1.81. The summed E-state index contributed by atoms with van der Waals surface area (Å²) in [5.41, 5.74) is 0.0946. The minimum Gasteiger partial charge on any atom is -0.493 e. The summed E-state index contributed by atoms with van der Waals surface area (Å²) in [6.45, 7) is 2.01. The maximum Gasteiger partial charge on any atom is 0.176 e. The van der Waals surface area contributed by atoms with Crippen LogP contribution in [-0.2, 0) is 0 Å². The Bertz CT molecular complexity index is 442. The highest BCUT2D eigenvalue weighted by Gasteiger charge is 2.26. The van der Waals surface area contributed by atoms with Crippen LogP contribution in [0.25, 0.3) is 0 Å². The molecule has 2 rings (SSSR count). The number of carbonyl (C=O) groups excluding carboxylic acids is 1. The lowest BCUT2D eigenvalue weighted by atomic mass is 10.1. The van der Waals surface area contributed by atoms with Crippen LogP contribution >= 0.6 is 0 Å². The van der Waals surface area contributed by atoms with Gasteiger partial charge in [0, 0.05) is 6.07 Å². The maximum atomic E-state index is 13.6. The van der Waals surface area contributed by atoms with E-state index in [9.17, 15) is 9.18 Å². The largest absolute Gasteiger partial charge is 0.493 e. The highest BCUT2D eigenvalue weighted by molar-refractivity contribution is 6.00. The summed E-state index contributed by atoms with van der Waals surface area (Å²) in [7, 11) is 1.31. The molecular formula is C11H11FO4. The lowest BCUT2D eigenvalue weighted by molar-refractivity contribution is 0.0996. The summed E-state index contributed by atoms with van der Waals surface area (Å²) in [5, 5.41) is 0. The molecule has 0 bridgehead atoms. The second-order valence-corrected chi connectivity index (χ2v) is 3.35. The van der Waals surface area contributed by atoms with Crippen LogP contribution in [0.1, 0.15) is 17.3 Å². The van der Waals surface area contributed by atoms with Crippen LogP contribution in [0.5, 0.6) is 17.2 Å². The third-order valence-corrected chi connectivity index (χ3v) is 2.30. The summed E-state index contributed by atoms with van der Waals surface area (Å²) in [6.07, 6.45) is 0. The molecule has 0 unspecified atom stereocenters. The molecule has 0 aromatic heterocycles. The molecule has 0 N–H and O–H groups in total. The summed E-state index contributed by atoms with van der Waals surface area (Å²) in [4.78, 5) is 11.5. The van der Waals surface area contributed by atoms with Gasteiger partial charge in [-0.25, -0.2) is 4.39 Å². The molecule has 0 radical (unpaired) electrons. The third kappa shape index (κ3) is 1.58. The van der Waals surface area contributed by atoms with E-state index < -0.39 is 5.82 Å². The van der Waals surface area contributed by atoms with E-state index >= 15 is 0 Å². The lowest BCUT2D eigenvalue weighted by Gasteiger charge is -2.22. The molecule has 0 fully saturated rings. The van der Waals surface area contributed by atoms with Crippen molar-refractivity contribution in [1.82, 2.24) is 0 Å². The van der Waals surface area contributed by atoms with E-state index in [1.807, 2.05) is 0 Å². The Kier molecular flexibility index (Phi) is 2.68. The van der Waals surface area contributed by atoms with Gasteiger partial charge in [0.15, 0.2) is 28.8 Å². The van der Waals surface area contributed by atoms with Gasteiger partial charge in [0.2, 0.25) is 0 Å². The van der Waals surface area contributed by atoms with Gasteiger partial charge in [0.05, 0.1) is 7.11 Å². The van der Waals surface area contributed by atoms with Gasteiger partial charge in [-0.1, -0.05) is 0 Å². The zero-order valence-corrected chi connectivity index (χ0v) is 9.00. The van der Waals surface area contributed by atoms with E-state index in [4.69, 9.17) is 14.2 Å². The molecule has 4 nitrogen and oxygen atoms in total. The van der Waals surface area contributed by atoms with Crippen LogP contribution in [0.3, 0.4) is 0 Å². The van der Waals surface area contributed by atoms with E-state index in [1.54, 1.807) is 0 Å². The van der Waals surface area contributed by atoms with Gasteiger partial charge in [0.1, 0.15) is 18.8 Å². The second-order valence-electron chi connectivity index (χ2n) is 3.35. The van der Waals surface area contributed by atoms with Crippen molar-refractivity contribution in [3.05, 3.63) is 17.4 Å². The minimum absolute atomic E-state index is 0.0946. The van der Waals surface area contributed by atoms with Crippen molar-refractivity contribution < 1.29 is 23.4 Å². The Labute approximate surface area is 91.9 Å². The number of halogens is 1. The van der Waals surface area contributed by atoms with Gasteiger partial charge in [-0.2, -0.15) is 0 Å². The number of ether oxygens (including phenoxy) is 3. The van der Waals surface area contributed by atoms with Crippen molar-refractivity contribution >= 4 is 5.78 Å². The normalized spacial score (nSPS) is 13.4. The summed E-state index contributed by atoms with van der Waals surface area (Å²) < 4.78 is 29.0. The average molecular weight is 226 g/mol. The molecule has 5 heteroatoms. The molecule has 0 aliphatic carbocycles. The van der Waals surface area contributed by atoms with E-state index in [-0.39, 0.29) is 28.6 Å². The molecule has 1 heterocycles. The van der Waals surface area contributed by atoms with Gasteiger partial charge in [-0.05, 0) is 6.92 Å². The SMILES string of the molecule is COc1c(F)cc2c(c1C(C)=O)OCCO2. The van der Waals surface area contributed by atoms with Crippen molar-refractivity contribution in [2.45, 2.75) is 6.92 Å². The standard InChI is InChI=1S/C11H11FO4/c1-6(13)9-10(14-2)7(12)5-8-11(9)16-4-3-15-8/h5H,3-4H2,1-2H3.